The molecule has 1 rings (SSSR count). The summed E-state index contributed by atoms with van der Waals surface area (Å²) in [6.45, 7) is 0.368. The van der Waals surface area contributed by atoms with Crippen LogP contribution in [0.15, 0.2) is 0 Å². The van der Waals surface area contributed by atoms with E-state index in [0.717, 1.165) is 38.5 Å². The number of sulfonamides is 1. The molecule has 1 aliphatic carbocycles. The second kappa shape index (κ2) is 12.3. The summed E-state index contributed by atoms with van der Waals surface area (Å²) < 4.78 is 26.4. The van der Waals surface area contributed by atoms with Gasteiger partial charge < -0.3 is 10.2 Å². The van der Waals surface area contributed by atoms with Crippen LogP contribution < -0.4 is 4.72 Å². The average Bonchev–Trinajstić information content (AvgIpc) is 2.54. The molecule has 0 aliphatic heterocycles. The molecule has 1 fully saturated rings. The van der Waals surface area contributed by atoms with E-state index in [1.165, 1.54) is 6.42 Å². The predicted molar refractivity (Wildman–Crippen MR) is 102 cm³/mol. The summed E-state index contributed by atoms with van der Waals surface area (Å²) in [4.78, 5) is 10.4. The Bertz CT molecular complexity index is 568. The van der Waals surface area contributed by atoms with Gasteiger partial charge in [-0.15, -0.1) is 0 Å². The van der Waals surface area contributed by atoms with Crippen LogP contribution in [0.25, 0.3) is 0 Å². The van der Waals surface area contributed by atoms with Gasteiger partial charge in [-0.3, -0.25) is 4.79 Å². The molecule has 0 spiro atoms. The fraction of sp³-hybridized carbons (Fsp3) is 0.842. The maximum Gasteiger partial charge on any atom is 0.303 e. The standard InChI is InChI=1S/C19H33NO5S/c21-18(22)12-6-2-5-10-16-20-26(24,25)17-11-9-15-19(23)13-7-3-1-4-8-14-19/h20,23H,1-8,10-14,16-17H2,(H,21,22). The summed E-state index contributed by atoms with van der Waals surface area (Å²) in [5.41, 5.74) is -0.951. The highest BCUT2D eigenvalue weighted by Crippen LogP contribution is 2.25. The summed E-state index contributed by atoms with van der Waals surface area (Å²) in [5, 5.41) is 19.0. The van der Waals surface area contributed by atoms with E-state index >= 15 is 0 Å². The van der Waals surface area contributed by atoms with Crippen LogP contribution in [0, 0.1) is 11.8 Å². The van der Waals surface area contributed by atoms with Crippen LogP contribution in [0.1, 0.15) is 83.5 Å². The molecule has 6 nitrogen and oxygen atoms in total. The highest BCUT2D eigenvalue weighted by Gasteiger charge is 2.24. The molecule has 0 aromatic rings. The van der Waals surface area contributed by atoms with Crippen LogP contribution in [0.3, 0.4) is 0 Å². The first-order chi connectivity index (χ1) is 12.3. The molecule has 0 aromatic heterocycles. The predicted octanol–water partition coefficient (Wildman–Crippen LogP) is 2.81. The number of unbranched alkanes of at least 4 members (excludes halogenated alkanes) is 3. The lowest BCUT2D eigenvalue weighted by Gasteiger charge is -2.24. The van der Waals surface area contributed by atoms with E-state index < -0.39 is 21.6 Å². The molecule has 1 aliphatic rings. The van der Waals surface area contributed by atoms with Gasteiger partial charge in [0, 0.05) is 19.4 Å². The number of aliphatic carboxylic acids is 1. The maximum atomic E-state index is 11.9. The highest BCUT2D eigenvalue weighted by atomic mass is 32.2. The lowest BCUT2D eigenvalue weighted by molar-refractivity contribution is -0.137. The molecule has 0 bridgehead atoms. The molecule has 26 heavy (non-hydrogen) atoms. The van der Waals surface area contributed by atoms with Gasteiger partial charge in [0.05, 0.1) is 5.75 Å². The largest absolute Gasteiger partial charge is 0.481 e. The Morgan fingerprint density at radius 2 is 1.62 bits per heavy atom. The molecule has 7 heteroatoms. The zero-order valence-electron chi connectivity index (χ0n) is 15.6. The SMILES string of the molecule is O=C(O)CCCCCCNS(=O)(=O)CCC#CC1(O)CCCCCCC1. The van der Waals surface area contributed by atoms with E-state index in [1.54, 1.807) is 0 Å². The molecule has 0 amide bonds. The highest BCUT2D eigenvalue weighted by molar-refractivity contribution is 7.89. The van der Waals surface area contributed by atoms with Gasteiger partial charge >= 0.3 is 5.97 Å². The molecule has 0 radical (unpaired) electrons. The Hall–Kier alpha value is -1.10. The summed E-state index contributed by atoms with van der Waals surface area (Å²) in [6, 6.07) is 0. The number of rotatable bonds is 10. The summed E-state index contributed by atoms with van der Waals surface area (Å²) in [6.07, 6.45) is 10.1. The normalized spacial score (nSPS) is 17.6. The zero-order chi connectivity index (χ0) is 19.3. The summed E-state index contributed by atoms with van der Waals surface area (Å²) >= 11 is 0. The second-order valence-corrected chi connectivity index (χ2v) is 9.05. The van der Waals surface area contributed by atoms with Gasteiger partial charge in [-0.25, -0.2) is 13.1 Å². The van der Waals surface area contributed by atoms with Gasteiger partial charge in [0.2, 0.25) is 10.0 Å². The number of carboxylic acid groups (broad SMARTS) is 1. The van der Waals surface area contributed by atoms with Crippen molar-refractivity contribution < 1.29 is 23.4 Å². The van der Waals surface area contributed by atoms with Crippen molar-refractivity contribution in [3.63, 3.8) is 0 Å². The maximum absolute atomic E-state index is 11.9. The summed E-state index contributed by atoms with van der Waals surface area (Å²) in [5.74, 6) is 4.90. The van der Waals surface area contributed by atoms with E-state index in [4.69, 9.17) is 5.11 Å². The number of nitrogens with one attached hydrogen (secondary N) is 1. The third-order valence-corrected chi connectivity index (χ3v) is 6.02. The van der Waals surface area contributed by atoms with E-state index in [1.807, 2.05) is 0 Å². The van der Waals surface area contributed by atoms with Crippen LogP contribution in [0.5, 0.6) is 0 Å². The first-order valence-corrected chi connectivity index (χ1v) is 11.4. The molecular formula is C19H33NO5S. The van der Waals surface area contributed by atoms with Crippen LogP contribution in [0.2, 0.25) is 0 Å². The second-order valence-electron chi connectivity index (χ2n) is 7.12. The van der Waals surface area contributed by atoms with E-state index in [2.05, 4.69) is 16.6 Å². The Labute approximate surface area is 157 Å². The van der Waals surface area contributed by atoms with Crippen LogP contribution >= 0.6 is 0 Å². The number of hydrogen-bond acceptors (Lipinski definition) is 4. The quantitative estimate of drug-likeness (QED) is 0.395. The van der Waals surface area contributed by atoms with Crippen molar-refractivity contribution in [1.29, 1.82) is 0 Å². The van der Waals surface area contributed by atoms with Gasteiger partial charge in [-0.1, -0.05) is 43.9 Å². The minimum atomic E-state index is -3.35. The number of aliphatic hydroxyl groups is 1. The lowest BCUT2D eigenvalue weighted by atomic mass is 9.87. The Morgan fingerprint density at radius 1 is 1.00 bits per heavy atom. The molecule has 150 valence electrons. The van der Waals surface area contributed by atoms with Crippen molar-refractivity contribution in [3.8, 4) is 11.8 Å². The number of carbonyl (C=O) groups is 1. The third kappa shape index (κ3) is 11.5. The van der Waals surface area contributed by atoms with Gasteiger partial charge in [-0.2, -0.15) is 0 Å². The molecule has 0 unspecified atom stereocenters. The van der Waals surface area contributed by atoms with Crippen molar-refractivity contribution >= 4 is 16.0 Å². The fourth-order valence-corrected chi connectivity index (χ4v) is 4.05. The topological polar surface area (TPSA) is 104 Å². The van der Waals surface area contributed by atoms with Crippen LogP contribution in [-0.2, 0) is 14.8 Å². The first kappa shape index (κ1) is 22.9. The van der Waals surface area contributed by atoms with Gasteiger partial charge in [-0.05, 0) is 38.5 Å². The fourth-order valence-electron chi connectivity index (χ4n) is 3.08. The van der Waals surface area contributed by atoms with Gasteiger partial charge in [0.1, 0.15) is 5.60 Å². The van der Waals surface area contributed by atoms with Crippen LogP contribution in [0.4, 0.5) is 0 Å². The third-order valence-electron chi connectivity index (χ3n) is 4.64. The van der Waals surface area contributed by atoms with Gasteiger partial charge in [0.25, 0.3) is 0 Å². The van der Waals surface area contributed by atoms with E-state index in [0.29, 0.717) is 32.2 Å². The molecule has 1 saturated carbocycles. The Balaban J connectivity index is 2.21. The number of hydrogen-bond donors (Lipinski definition) is 3. The van der Waals surface area contributed by atoms with E-state index in [-0.39, 0.29) is 18.6 Å². The van der Waals surface area contributed by atoms with Crippen molar-refractivity contribution in [3.05, 3.63) is 0 Å². The minimum Gasteiger partial charge on any atom is -0.481 e. The number of carboxylic acids is 1. The van der Waals surface area contributed by atoms with Crippen molar-refractivity contribution in [1.82, 2.24) is 4.72 Å². The Morgan fingerprint density at radius 3 is 2.27 bits per heavy atom. The Kier molecular flexibility index (Phi) is 10.9. The minimum absolute atomic E-state index is 0.0604. The van der Waals surface area contributed by atoms with Crippen molar-refractivity contribution in [2.24, 2.45) is 0 Å². The van der Waals surface area contributed by atoms with Crippen molar-refractivity contribution in [2.45, 2.75) is 89.1 Å². The molecule has 0 saturated heterocycles. The van der Waals surface area contributed by atoms with Crippen LogP contribution in [-0.4, -0.2) is 42.5 Å². The first-order valence-electron chi connectivity index (χ1n) is 9.75. The van der Waals surface area contributed by atoms with E-state index in [9.17, 15) is 18.3 Å². The van der Waals surface area contributed by atoms with Crippen molar-refractivity contribution in [2.75, 3.05) is 12.3 Å². The molecule has 0 heterocycles. The molecule has 0 aromatic carbocycles. The molecule has 3 N–H and O–H groups in total. The summed E-state index contributed by atoms with van der Waals surface area (Å²) in [7, 11) is -3.35. The average molecular weight is 388 g/mol. The van der Waals surface area contributed by atoms with Gasteiger partial charge in [0.15, 0.2) is 0 Å². The smallest absolute Gasteiger partial charge is 0.303 e. The molecular weight excluding hydrogens is 354 g/mol. The molecule has 0 atom stereocenters. The monoisotopic (exact) mass is 387 g/mol. The zero-order valence-corrected chi connectivity index (χ0v) is 16.5. The lowest BCUT2D eigenvalue weighted by Crippen LogP contribution is -2.28.